The van der Waals surface area contributed by atoms with Gasteiger partial charge in [-0.2, -0.15) is 11.8 Å². The maximum absolute atomic E-state index is 14.0. The predicted molar refractivity (Wildman–Crippen MR) is 187 cm³/mol. The molecule has 288 valence electrons. The van der Waals surface area contributed by atoms with E-state index in [0.717, 1.165) is 0 Å². The van der Waals surface area contributed by atoms with E-state index in [-0.39, 0.29) is 44.4 Å². The quantitative estimate of drug-likeness (QED) is 0.0730. The lowest BCUT2D eigenvalue weighted by molar-refractivity contribution is -0.147. The third-order valence-corrected chi connectivity index (χ3v) is 8.96. The molecule has 0 bridgehead atoms. The molecule has 52 heavy (non-hydrogen) atoms. The van der Waals surface area contributed by atoms with E-state index < -0.39 is 96.0 Å². The first-order valence-corrected chi connectivity index (χ1v) is 18.0. The molecule has 1 fully saturated rings. The number of nitrogens with one attached hydrogen (secondary N) is 4. The van der Waals surface area contributed by atoms with Crippen molar-refractivity contribution < 1.29 is 58.8 Å². The summed E-state index contributed by atoms with van der Waals surface area (Å²) < 4.78 is 0. The van der Waals surface area contributed by atoms with Crippen LogP contribution in [0.25, 0.3) is 0 Å². The number of carbonyl (C=O) groups excluding carboxylic acids is 5. The Labute approximate surface area is 304 Å². The van der Waals surface area contributed by atoms with E-state index >= 15 is 0 Å². The first-order valence-electron chi connectivity index (χ1n) is 16.7. The van der Waals surface area contributed by atoms with Crippen molar-refractivity contribution in [2.24, 2.45) is 11.7 Å². The topological polar surface area (TPSA) is 295 Å². The van der Waals surface area contributed by atoms with Crippen LogP contribution in [0, 0.1) is 5.92 Å². The number of rotatable bonds is 21. The summed E-state index contributed by atoms with van der Waals surface area (Å²) in [7, 11) is 0. The summed E-state index contributed by atoms with van der Waals surface area (Å²) in [6.45, 7) is 3.33. The number of amides is 5. The molecule has 1 aromatic rings. The molecule has 1 heterocycles. The number of hydrogen-bond donors (Lipinski definition) is 9. The number of nitrogens with two attached hydrogens (primary N) is 1. The Hall–Kier alpha value is -4.91. The van der Waals surface area contributed by atoms with Crippen molar-refractivity contribution in [3.8, 4) is 5.75 Å². The Balaban J connectivity index is 2.28. The Morgan fingerprint density at radius 2 is 1.46 bits per heavy atom. The van der Waals surface area contributed by atoms with Crippen LogP contribution in [0.2, 0.25) is 0 Å². The second kappa shape index (κ2) is 20.8. The number of thioether (sulfide) groups is 1. The van der Waals surface area contributed by atoms with Crippen LogP contribution in [-0.2, 0) is 44.8 Å². The van der Waals surface area contributed by atoms with Crippen LogP contribution in [0.1, 0.15) is 57.9 Å². The standard InChI is InChI=1S/C33H48N6O12S/c1-17(2)27(31(48)37-23(33(50)51)16-26(43)44)38-30(47)24-5-4-13-39(24)32(49)21(12-14-52-3)35-29(46)22(15-18-6-8-19(40)9-7-18)36-28(45)20(34)10-11-25(41)42/h6-9,17,20-24,27,40H,4-5,10-16,34H2,1-3H3,(H,35,46)(H,36,45)(H,37,48)(H,38,47)(H,41,42)(H,43,44)(H,50,51). The van der Waals surface area contributed by atoms with Crippen molar-refractivity contribution in [3.63, 3.8) is 0 Å². The smallest absolute Gasteiger partial charge is 0.326 e. The molecular weight excluding hydrogens is 704 g/mol. The van der Waals surface area contributed by atoms with E-state index in [1.807, 2.05) is 0 Å². The van der Waals surface area contributed by atoms with Crippen LogP contribution < -0.4 is 27.0 Å². The summed E-state index contributed by atoms with van der Waals surface area (Å²) in [5, 5.41) is 47.0. The predicted octanol–water partition coefficient (Wildman–Crippen LogP) is -0.975. The number of phenolic OH excluding ortho intramolecular Hbond substituents is 1. The lowest BCUT2D eigenvalue weighted by Crippen LogP contribution is -2.60. The minimum Gasteiger partial charge on any atom is -0.508 e. The zero-order chi connectivity index (χ0) is 39.1. The number of phenols is 1. The number of carbonyl (C=O) groups is 8. The second-order valence-electron chi connectivity index (χ2n) is 12.7. The molecule has 1 saturated heterocycles. The molecule has 18 nitrogen and oxygen atoms in total. The van der Waals surface area contributed by atoms with Gasteiger partial charge >= 0.3 is 17.9 Å². The maximum Gasteiger partial charge on any atom is 0.326 e. The van der Waals surface area contributed by atoms with Crippen molar-refractivity contribution in [1.29, 1.82) is 0 Å². The summed E-state index contributed by atoms with van der Waals surface area (Å²) in [5.41, 5.74) is 6.42. The molecule has 0 radical (unpaired) electrons. The van der Waals surface area contributed by atoms with Gasteiger partial charge in [-0.15, -0.1) is 0 Å². The lowest BCUT2D eigenvalue weighted by atomic mass is 10.0. The average Bonchev–Trinajstić information content (AvgIpc) is 3.57. The zero-order valence-corrected chi connectivity index (χ0v) is 30.0. The summed E-state index contributed by atoms with van der Waals surface area (Å²) in [6, 6.07) is -1.86. The normalized spacial score (nSPS) is 16.9. The molecular formula is C33H48N6O12S. The van der Waals surface area contributed by atoms with Crippen LogP contribution in [0.15, 0.2) is 24.3 Å². The second-order valence-corrected chi connectivity index (χ2v) is 13.7. The average molecular weight is 753 g/mol. The van der Waals surface area contributed by atoms with Crippen molar-refractivity contribution >= 4 is 59.2 Å². The number of likely N-dealkylation sites (tertiary alicyclic amines) is 1. The van der Waals surface area contributed by atoms with E-state index in [1.165, 1.54) is 40.9 Å². The van der Waals surface area contributed by atoms with Crippen molar-refractivity contribution in [3.05, 3.63) is 29.8 Å². The molecule has 0 aromatic heterocycles. The molecule has 19 heteroatoms. The van der Waals surface area contributed by atoms with Gasteiger partial charge in [-0.05, 0) is 61.3 Å². The minimum atomic E-state index is -1.74. The van der Waals surface area contributed by atoms with Crippen LogP contribution in [-0.4, -0.2) is 128 Å². The van der Waals surface area contributed by atoms with Gasteiger partial charge in [0.1, 0.15) is 36.0 Å². The highest BCUT2D eigenvalue weighted by Gasteiger charge is 2.40. The highest BCUT2D eigenvalue weighted by atomic mass is 32.2. The van der Waals surface area contributed by atoms with E-state index in [1.54, 1.807) is 20.1 Å². The fourth-order valence-electron chi connectivity index (χ4n) is 5.46. The van der Waals surface area contributed by atoms with E-state index in [2.05, 4.69) is 21.3 Å². The number of aromatic hydroxyl groups is 1. The van der Waals surface area contributed by atoms with Crippen LogP contribution >= 0.6 is 11.8 Å². The summed E-state index contributed by atoms with van der Waals surface area (Å²) >= 11 is 1.40. The number of aliphatic carboxylic acids is 3. The fourth-order valence-corrected chi connectivity index (χ4v) is 5.93. The molecule has 6 atom stereocenters. The first kappa shape index (κ1) is 43.3. The van der Waals surface area contributed by atoms with E-state index in [9.17, 15) is 48.6 Å². The van der Waals surface area contributed by atoms with Gasteiger partial charge in [-0.1, -0.05) is 26.0 Å². The van der Waals surface area contributed by atoms with Gasteiger partial charge in [-0.3, -0.25) is 33.6 Å². The van der Waals surface area contributed by atoms with Gasteiger partial charge in [0.15, 0.2) is 0 Å². The highest BCUT2D eigenvalue weighted by Crippen LogP contribution is 2.21. The van der Waals surface area contributed by atoms with Gasteiger partial charge in [0, 0.05) is 19.4 Å². The number of benzene rings is 1. The summed E-state index contributed by atoms with van der Waals surface area (Å²) in [6.07, 6.45) is 1.05. The maximum atomic E-state index is 14.0. The Morgan fingerprint density at radius 3 is 2.02 bits per heavy atom. The van der Waals surface area contributed by atoms with E-state index in [4.69, 9.17) is 15.9 Å². The van der Waals surface area contributed by atoms with Crippen molar-refractivity contribution in [2.45, 2.75) is 95.0 Å². The minimum absolute atomic E-state index is 0.0283. The van der Waals surface area contributed by atoms with Crippen molar-refractivity contribution in [2.75, 3.05) is 18.6 Å². The molecule has 2 rings (SSSR count). The summed E-state index contributed by atoms with van der Waals surface area (Å²) in [5.74, 6) is -8.08. The van der Waals surface area contributed by atoms with Gasteiger partial charge in [0.05, 0.1) is 12.5 Å². The highest BCUT2D eigenvalue weighted by molar-refractivity contribution is 7.98. The molecule has 1 aliphatic rings. The fraction of sp³-hybridized carbons (Fsp3) is 0.576. The van der Waals surface area contributed by atoms with E-state index in [0.29, 0.717) is 17.7 Å². The van der Waals surface area contributed by atoms with Crippen LogP contribution in [0.3, 0.4) is 0 Å². The number of carboxylic acid groups (broad SMARTS) is 3. The van der Waals surface area contributed by atoms with Gasteiger partial charge in [0.2, 0.25) is 29.5 Å². The largest absolute Gasteiger partial charge is 0.508 e. The van der Waals surface area contributed by atoms with Crippen molar-refractivity contribution in [1.82, 2.24) is 26.2 Å². The Morgan fingerprint density at radius 1 is 0.846 bits per heavy atom. The third-order valence-electron chi connectivity index (χ3n) is 8.32. The molecule has 0 saturated carbocycles. The van der Waals surface area contributed by atoms with Gasteiger partial charge in [-0.25, -0.2) is 4.79 Å². The number of carboxylic acids is 3. The lowest BCUT2D eigenvalue weighted by Gasteiger charge is -2.31. The molecule has 1 aliphatic heterocycles. The number of nitrogens with zero attached hydrogens (tertiary/aromatic N) is 1. The Bertz CT molecular complexity index is 1460. The SMILES string of the molecule is CSCCC(NC(=O)C(Cc1ccc(O)cc1)NC(=O)C(N)CCC(=O)O)C(=O)N1CCCC1C(=O)NC(C(=O)NC(CC(=O)O)C(=O)O)C(C)C. The van der Waals surface area contributed by atoms with Gasteiger partial charge in [0.25, 0.3) is 0 Å². The zero-order valence-electron chi connectivity index (χ0n) is 29.2. The first-order chi connectivity index (χ1) is 24.4. The number of hydrogen-bond acceptors (Lipinski definition) is 11. The van der Waals surface area contributed by atoms with Crippen LogP contribution in [0.4, 0.5) is 0 Å². The summed E-state index contributed by atoms with van der Waals surface area (Å²) in [4.78, 5) is 102. The molecule has 6 unspecified atom stereocenters. The van der Waals surface area contributed by atoms with Gasteiger partial charge < -0.3 is 52.3 Å². The molecule has 0 spiro atoms. The molecule has 1 aromatic carbocycles. The molecule has 5 amide bonds. The molecule has 0 aliphatic carbocycles. The monoisotopic (exact) mass is 752 g/mol. The van der Waals surface area contributed by atoms with Crippen LogP contribution in [0.5, 0.6) is 5.75 Å². The molecule has 10 N–H and O–H groups in total. The third kappa shape index (κ3) is 13.7. The Kier molecular flexibility index (Phi) is 17.3.